The minimum absolute atomic E-state index is 0.0746. The van der Waals surface area contributed by atoms with Gasteiger partial charge in [-0.1, -0.05) is 48.3 Å². The third kappa shape index (κ3) is 3.17. The van der Waals surface area contributed by atoms with Gasteiger partial charge >= 0.3 is 0 Å². The Bertz CT molecular complexity index is 740. The highest BCUT2D eigenvalue weighted by Gasteiger charge is 2.39. The molecule has 1 amide bonds. The molecule has 0 spiro atoms. The van der Waals surface area contributed by atoms with Crippen molar-refractivity contribution in [2.45, 2.75) is 43.8 Å². The minimum Gasteiger partial charge on any atom is -0.369 e. The van der Waals surface area contributed by atoms with Crippen LogP contribution in [0.15, 0.2) is 34.9 Å². The lowest BCUT2D eigenvalue weighted by Crippen LogP contribution is -2.43. The van der Waals surface area contributed by atoms with Crippen molar-refractivity contribution in [2.24, 2.45) is 5.73 Å². The quantitative estimate of drug-likeness (QED) is 0.912. The maximum Gasteiger partial charge on any atom is 0.251 e. The second-order valence-electron chi connectivity index (χ2n) is 6.86. The van der Waals surface area contributed by atoms with Gasteiger partial charge in [0.25, 0.3) is 5.89 Å². The van der Waals surface area contributed by atoms with Gasteiger partial charge in [-0.2, -0.15) is 4.98 Å². The Kier molecular flexibility index (Phi) is 4.27. The summed E-state index contributed by atoms with van der Waals surface area (Å²) >= 11 is 0. The minimum atomic E-state index is -0.508. The Balaban J connectivity index is 1.58. The highest BCUT2D eigenvalue weighted by atomic mass is 16.5. The van der Waals surface area contributed by atoms with E-state index in [4.69, 9.17) is 15.0 Å². The summed E-state index contributed by atoms with van der Waals surface area (Å²) in [5.74, 6) is 0.858. The van der Waals surface area contributed by atoms with E-state index in [9.17, 15) is 4.79 Å². The van der Waals surface area contributed by atoms with E-state index in [-0.39, 0.29) is 18.6 Å². The number of aromatic nitrogens is 2. The van der Waals surface area contributed by atoms with Crippen LogP contribution in [-0.2, 0) is 21.6 Å². The molecule has 0 radical (unpaired) electrons. The first-order chi connectivity index (χ1) is 12.2. The van der Waals surface area contributed by atoms with Crippen LogP contribution in [0.5, 0.6) is 0 Å². The predicted molar refractivity (Wildman–Crippen MR) is 89.2 cm³/mol. The van der Waals surface area contributed by atoms with Gasteiger partial charge in [-0.3, -0.25) is 4.79 Å². The van der Waals surface area contributed by atoms with E-state index < -0.39 is 5.54 Å². The molecule has 4 rings (SSSR count). The molecule has 2 aromatic rings. The number of amides is 1. The van der Waals surface area contributed by atoms with E-state index in [1.54, 1.807) is 4.90 Å². The molecule has 1 atom stereocenters. The topological polar surface area (TPSA) is 94.5 Å². The Morgan fingerprint density at radius 3 is 2.76 bits per heavy atom. The number of carbonyl (C=O) groups is 1. The number of benzene rings is 1. The summed E-state index contributed by atoms with van der Waals surface area (Å²) in [5, 5.41) is 4.11. The van der Waals surface area contributed by atoms with Crippen molar-refractivity contribution in [1.29, 1.82) is 0 Å². The molecular weight excluding hydrogens is 320 g/mol. The molecular formula is C18H22N4O3. The molecule has 25 heavy (non-hydrogen) atoms. The number of rotatable bonds is 4. The molecule has 2 heterocycles. The fourth-order valence-corrected chi connectivity index (χ4v) is 3.59. The summed E-state index contributed by atoms with van der Waals surface area (Å²) in [6, 6.07) is 9.47. The van der Waals surface area contributed by atoms with E-state index in [1.807, 2.05) is 30.3 Å². The van der Waals surface area contributed by atoms with Gasteiger partial charge in [-0.05, 0) is 18.4 Å². The van der Waals surface area contributed by atoms with Crippen LogP contribution >= 0.6 is 0 Å². The molecule has 1 saturated carbocycles. The van der Waals surface area contributed by atoms with Gasteiger partial charge in [0.05, 0.1) is 12.1 Å². The summed E-state index contributed by atoms with van der Waals surface area (Å²) in [5.41, 5.74) is 6.95. The van der Waals surface area contributed by atoms with Gasteiger partial charge in [0.1, 0.15) is 12.6 Å². The van der Waals surface area contributed by atoms with Crippen LogP contribution in [0.25, 0.3) is 0 Å². The second-order valence-corrected chi connectivity index (χ2v) is 6.86. The monoisotopic (exact) mass is 342 g/mol. The number of morpholine rings is 1. The van der Waals surface area contributed by atoms with E-state index >= 15 is 0 Å². The van der Waals surface area contributed by atoms with Gasteiger partial charge in [0, 0.05) is 6.54 Å². The largest absolute Gasteiger partial charge is 0.369 e. The number of nitrogens with two attached hydrogens (primary N) is 1. The van der Waals surface area contributed by atoms with E-state index in [2.05, 4.69) is 10.1 Å². The van der Waals surface area contributed by atoms with Crippen molar-refractivity contribution in [3.8, 4) is 0 Å². The molecule has 0 unspecified atom stereocenters. The van der Waals surface area contributed by atoms with Crippen LogP contribution in [0.3, 0.4) is 0 Å². The molecule has 1 aromatic carbocycles. The molecule has 7 heteroatoms. The highest BCUT2D eigenvalue weighted by Crippen LogP contribution is 2.35. The van der Waals surface area contributed by atoms with Gasteiger partial charge in [-0.25, -0.2) is 0 Å². The number of hydrogen-bond donors (Lipinski definition) is 1. The fourth-order valence-electron chi connectivity index (χ4n) is 3.59. The predicted octanol–water partition coefficient (Wildman–Crippen LogP) is 1.90. The number of nitrogens with zero attached hydrogens (tertiary/aromatic N) is 3. The van der Waals surface area contributed by atoms with Crippen molar-refractivity contribution in [1.82, 2.24) is 15.0 Å². The molecule has 132 valence electrons. The number of carbonyl (C=O) groups excluding carboxylic acids is 1. The molecule has 0 bridgehead atoms. The number of ether oxygens (including phenoxy) is 1. The Hall–Kier alpha value is -2.25. The average molecular weight is 342 g/mol. The molecule has 7 nitrogen and oxygen atoms in total. The van der Waals surface area contributed by atoms with Crippen molar-refractivity contribution in [3.63, 3.8) is 0 Å². The molecule has 2 N–H and O–H groups in total. The smallest absolute Gasteiger partial charge is 0.251 e. The van der Waals surface area contributed by atoms with Gasteiger partial charge in [-0.15, -0.1) is 0 Å². The lowest BCUT2D eigenvalue weighted by molar-refractivity contribution is -0.150. The highest BCUT2D eigenvalue weighted by molar-refractivity contribution is 5.78. The lowest BCUT2D eigenvalue weighted by atomic mass is 9.98. The van der Waals surface area contributed by atoms with Crippen LogP contribution in [0.4, 0.5) is 0 Å². The molecule has 1 saturated heterocycles. The maximum absolute atomic E-state index is 12.4. The first kappa shape index (κ1) is 16.2. The van der Waals surface area contributed by atoms with Crippen LogP contribution < -0.4 is 5.73 Å². The van der Waals surface area contributed by atoms with E-state index in [1.165, 1.54) is 0 Å². The van der Waals surface area contributed by atoms with Gasteiger partial charge in [0.15, 0.2) is 5.82 Å². The molecule has 1 aliphatic heterocycles. The van der Waals surface area contributed by atoms with Gasteiger partial charge in [0.2, 0.25) is 5.91 Å². The Morgan fingerprint density at radius 1 is 1.24 bits per heavy atom. The van der Waals surface area contributed by atoms with Crippen LogP contribution in [0, 0.1) is 0 Å². The first-order valence-corrected chi connectivity index (χ1v) is 8.70. The zero-order valence-corrected chi connectivity index (χ0v) is 14.1. The summed E-state index contributed by atoms with van der Waals surface area (Å²) in [6.07, 6.45) is 3.87. The summed E-state index contributed by atoms with van der Waals surface area (Å²) in [4.78, 5) is 18.7. The standard InChI is InChI=1S/C18H22N4O3/c19-18(8-4-5-9-18)17-20-16(25-21-17)14-11-24-12-15(23)22(14)10-13-6-2-1-3-7-13/h1-3,6-7,14H,4-5,8-12,19H2/t14-/m1/s1. The third-order valence-corrected chi connectivity index (χ3v) is 5.06. The summed E-state index contributed by atoms with van der Waals surface area (Å²) in [7, 11) is 0. The normalized spacial score (nSPS) is 23.2. The Labute approximate surface area is 146 Å². The third-order valence-electron chi connectivity index (χ3n) is 5.06. The zero-order chi connectivity index (χ0) is 17.3. The van der Waals surface area contributed by atoms with Crippen molar-refractivity contribution in [2.75, 3.05) is 13.2 Å². The zero-order valence-electron chi connectivity index (χ0n) is 14.1. The van der Waals surface area contributed by atoms with Crippen LogP contribution in [0.2, 0.25) is 0 Å². The van der Waals surface area contributed by atoms with Crippen molar-refractivity contribution in [3.05, 3.63) is 47.6 Å². The molecule has 1 aromatic heterocycles. The Morgan fingerprint density at radius 2 is 2.00 bits per heavy atom. The first-order valence-electron chi connectivity index (χ1n) is 8.70. The van der Waals surface area contributed by atoms with Crippen LogP contribution in [0.1, 0.15) is 49.0 Å². The fraction of sp³-hybridized carbons (Fsp3) is 0.500. The molecule has 2 aliphatic rings. The van der Waals surface area contributed by atoms with E-state index in [0.717, 1.165) is 31.2 Å². The van der Waals surface area contributed by atoms with E-state index in [0.29, 0.717) is 24.9 Å². The average Bonchev–Trinajstić information content (AvgIpc) is 3.28. The maximum atomic E-state index is 12.4. The number of hydrogen-bond acceptors (Lipinski definition) is 6. The molecule has 1 aliphatic carbocycles. The van der Waals surface area contributed by atoms with Crippen molar-refractivity contribution >= 4 is 5.91 Å². The SMILES string of the molecule is NC1(c2noc([C@H]3COCC(=O)N3Cc3ccccc3)n2)CCCC1. The summed E-state index contributed by atoms with van der Waals surface area (Å²) in [6.45, 7) is 0.905. The van der Waals surface area contributed by atoms with Gasteiger partial charge < -0.3 is 19.9 Å². The molecule has 2 fully saturated rings. The van der Waals surface area contributed by atoms with Crippen LogP contribution in [-0.4, -0.2) is 34.2 Å². The van der Waals surface area contributed by atoms with Crippen molar-refractivity contribution < 1.29 is 14.1 Å². The summed E-state index contributed by atoms with van der Waals surface area (Å²) < 4.78 is 10.9. The second kappa shape index (κ2) is 6.57. The lowest BCUT2D eigenvalue weighted by Gasteiger charge is -2.33.